The van der Waals surface area contributed by atoms with Crippen molar-refractivity contribution in [3.8, 4) is 0 Å². The van der Waals surface area contributed by atoms with Gasteiger partial charge in [-0.1, -0.05) is 123 Å². The summed E-state index contributed by atoms with van der Waals surface area (Å²) in [5.41, 5.74) is 0. The minimum absolute atomic E-state index is 0.214. The number of rotatable bonds is 24. The molecule has 3 atom stereocenters. The van der Waals surface area contributed by atoms with Crippen LogP contribution < -0.4 is 0 Å². The first-order valence-corrected chi connectivity index (χ1v) is 13.7. The average Bonchev–Trinajstić information content (AvgIpc) is 2.80. The van der Waals surface area contributed by atoms with Gasteiger partial charge in [0, 0.05) is 0 Å². The van der Waals surface area contributed by atoms with Crippen LogP contribution >= 0.6 is 0 Å². The standard InChI is InChI=1S/C27H54O5/c1-3-5-7-9-11-13-15-17-19-21-26(30)25(27(31)32-23-24(29)22-28)20-18-16-14-12-10-8-6-4-2/h24-26,28-30H,3-23H2,1-2H3/t24-,25+,26-/m1/s1. The molecule has 5 nitrogen and oxygen atoms in total. The Hall–Kier alpha value is -0.650. The van der Waals surface area contributed by atoms with E-state index >= 15 is 0 Å². The first-order chi connectivity index (χ1) is 15.6. The fourth-order valence-electron chi connectivity index (χ4n) is 4.17. The Labute approximate surface area is 198 Å². The van der Waals surface area contributed by atoms with Crippen molar-refractivity contribution >= 4 is 5.97 Å². The van der Waals surface area contributed by atoms with Crippen LogP contribution in [0, 0.1) is 5.92 Å². The minimum atomic E-state index is -1.06. The fourth-order valence-corrected chi connectivity index (χ4v) is 4.17. The molecule has 3 N–H and O–H groups in total. The molecule has 5 heteroatoms. The predicted molar refractivity (Wildman–Crippen MR) is 133 cm³/mol. The lowest BCUT2D eigenvalue weighted by molar-refractivity contribution is -0.156. The normalized spacial score (nSPS) is 14.3. The van der Waals surface area contributed by atoms with Gasteiger partial charge in [-0.3, -0.25) is 4.79 Å². The maximum absolute atomic E-state index is 12.5. The molecule has 0 saturated heterocycles. The van der Waals surface area contributed by atoms with Crippen molar-refractivity contribution in [2.24, 2.45) is 5.92 Å². The lowest BCUT2D eigenvalue weighted by atomic mass is 9.91. The van der Waals surface area contributed by atoms with Gasteiger partial charge in [0.1, 0.15) is 12.7 Å². The van der Waals surface area contributed by atoms with E-state index in [1.54, 1.807) is 0 Å². The van der Waals surface area contributed by atoms with Gasteiger partial charge in [0.25, 0.3) is 0 Å². The van der Waals surface area contributed by atoms with E-state index < -0.39 is 30.7 Å². The van der Waals surface area contributed by atoms with Crippen LogP contribution in [0.1, 0.15) is 136 Å². The highest BCUT2D eigenvalue weighted by atomic mass is 16.5. The van der Waals surface area contributed by atoms with Crippen LogP contribution in [0.5, 0.6) is 0 Å². The Balaban J connectivity index is 4.21. The lowest BCUT2D eigenvalue weighted by Crippen LogP contribution is -2.32. The van der Waals surface area contributed by atoms with E-state index in [0.717, 1.165) is 25.7 Å². The number of unbranched alkanes of at least 4 members (excludes halogenated alkanes) is 15. The molecule has 0 rings (SSSR count). The second-order valence-electron chi connectivity index (χ2n) is 9.52. The molecule has 0 aromatic rings. The Bertz CT molecular complexity index is 402. The Kier molecular flexibility index (Phi) is 23.0. The van der Waals surface area contributed by atoms with Crippen molar-refractivity contribution in [2.75, 3.05) is 13.2 Å². The summed E-state index contributed by atoms with van der Waals surface area (Å²) >= 11 is 0. The van der Waals surface area contributed by atoms with Crippen LogP contribution in [0.2, 0.25) is 0 Å². The number of aliphatic hydroxyl groups excluding tert-OH is 3. The molecule has 0 unspecified atom stereocenters. The Morgan fingerprint density at radius 1 is 0.656 bits per heavy atom. The van der Waals surface area contributed by atoms with Crippen molar-refractivity contribution in [1.29, 1.82) is 0 Å². The highest BCUT2D eigenvalue weighted by Gasteiger charge is 2.28. The molecule has 0 aliphatic rings. The van der Waals surface area contributed by atoms with Gasteiger partial charge in [0.05, 0.1) is 18.6 Å². The Morgan fingerprint density at radius 3 is 1.50 bits per heavy atom. The van der Waals surface area contributed by atoms with Crippen LogP contribution in [0.25, 0.3) is 0 Å². The summed E-state index contributed by atoms with van der Waals surface area (Å²) in [5, 5.41) is 29.1. The van der Waals surface area contributed by atoms with Crippen LogP contribution in [-0.4, -0.2) is 46.7 Å². The number of carbonyl (C=O) groups excluding carboxylic acids is 1. The van der Waals surface area contributed by atoms with E-state index in [1.165, 1.54) is 83.5 Å². The second kappa shape index (κ2) is 23.5. The number of hydrogen-bond acceptors (Lipinski definition) is 5. The van der Waals surface area contributed by atoms with Crippen LogP contribution in [0.15, 0.2) is 0 Å². The molecule has 0 radical (unpaired) electrons. The highest BCUT2D eigenvalue weighted by Crippen LogP contribution is 2.22. The summed E-state index contributed by atoms with van der Waals surface area (Å²) in [6.45, 7) is 3.81. The number of hydrogen-bond donors (Lipinski definition) is 3. The van der Waals surface area contributed by atoms with Crippen LogP contribution in [-0.2, 0) is 9.53 Å². The zero-order valence-electron chi connectivity index (χ0n) is 21.2. The third-order valence-corrected chi connectivity index (χ3v) is 6.37. The van der Waals surface area contributed by atoms with Gasteiger partial charge in [0.2, 0.25) is 0 Å². The van der Waals surface area contributed by atoms with Crippen molar-refractivity contribution in [3.63, 3.8) is 0 Å². The minimum Gasteiger partial charge on any atom is -0.463 e. The quantitative estimate of drug-likeness (QED) is 0.116. The van der Waals surface area contributed by atoms with Gasteiger partial charge < -0.3 is 20.1 Å². The molecule has 0 aliphatic carbocycles. The molecule has 0 aromatic heterocycles. The van der Waals surface area contributed by atoms with Gasteiger partial charge in [-0.2, -0.15) is 0 Å². The predicted octanol–water partition coefficient (Wildman–Crippen LogP) is 6.31. The Morgan fingerprint density at radius 2 is 1.06 bits per heavy atom. The zero-order chi connectivity index (χ0) is 23.9. The van der Waals surface area contributed by atoms with Crippen molar-refractivity contribution in [1.82, 2.24) is 0 Å². The smallest absolute Gasteiger partial charge is 0.311 e. The van der Waals surface area contributed by atoms with Gasteiger partial charge in [-0.05, 0) is 12.8 Å². The second-order valence-corrected chi connectivity index (χ2v) is 9.52. The van der Waals surface area contributed by atoms with Crippen LogP contribution in [0.3, 0.4) is 0 Å². The molecule has 0 aliphatic heterocycles. The summed E-state index contributed by atoms with van der Waals surface area (Å²) in [5.74, 6) is -0.973. The van der Waals surface area contributed by atoms with E-state index in [1.807, 2.05) is 0 Å². The van der Waals surface area contributed by atoms with Gasteiger partial charge in [0.15, 0.2) is 0 Å². The maximum Gasteiger partial charge on any atom is 0.311 e. The largest absolute Gasteiger partial charge is 0.463 e. The van der Waals surface area contributed by atoms with Crippen LogP contribution in [0.4, 0.5) is 0 Å². The average molecular weight is 459 g/mol. The summed E-state index contributed by atoms with van der Waals surface area (Å²) in [6, 6.07) is 0. The van der Waals surface area contributed by atoms with Gasteiger partial charge in [-0.15, -0.1) is 0 Å². The molecular weight excluding hydrogens is 404 g/mol. The van der Waals surface area contributed by atoms with E-state index in [-0.39, 0.29) is 6.61 Å². The van der Waals surface area contributed by atoms with E-state index in [9.17, 15) is 15.0 Å². The molecule has 0 saturated carbocycles. The number of aliphatic hydroxyl groups is 3. The van der Waals surface area contributed by atoms with E-state index in [4.69, 9.17) is 9.84 Å². The SMILES string of the molecule is CCCCCCCCCCC[C@@H](O)[C@H](CCCCCCCCCC)C(=O)OC[C@H](O)CO. The molecule has 0 heterocycles. The first kappa shape index (κ1) is 31.4. The van der Waals surface area contributed by atoms with Crippen molar-refractivity contribution < 1.29 is 24.9 Å². The molecule has 0 bridgehead atoms. The van der Waals surface area contributed by atoms with Gasteiger partial charge >= 0.3 is 5.97 Å². The summed E-state index contributed by atoms with van der Waals surface area (Å²) in [4.78, 5) is 12.5. The lowest BCUT2D eigenvalue weighted by Gasteiger charge is -2.22. The number of ether oxygens (including phenoxy) is 1. The zero-order valence-corrected chi connectivity index (χ0v) is 21.2. The molecule has 0 amide bonds. The summed E-state index contributed by atoms with van der Waals surface area (Å²) < 4.78 is 5.18. The van der Waals surface area contributed by atoms with E-state index in [2.05, 4.69) is 13.8 Å². The summed E-state index contributed by atoms with van der Waals surface area (Å²) in [7, 11) is 0. The topological polar surface area (TPSA) is 87.0 Å². The number of esters is 1. The third-order valence-electron chi connectivity index (χ3n) is 6.37. The molecule has 32 heavy (non-hydrogen) atoms. The van der Waals surface area contributed by atoms with E-state index in [0.29, 0.717) is 12.8 Å². The third kappa shape index (κ3) is 18.9. The monoisotopic (exact) mass is 458 g/mol. The molecular formula is C27H54O5. The number of carbonyl (C=O) groups is 1. The molecule has 0 spiro atoms. The van der Waals surface area contributed by atoms with Crippen molar-refractivity contribution in [3.05, 3.63) is 0 Å². The fraction of sp³-hybridized carbons (Fsp3) is 0.963. The first-order valence-electron chi connectivity index (χ1n) is 13.7. The maximum atomic E-state index is 12.5. The molecule has 0 fully saturated rings. The molecule has 0 aromatic carbocycles. The van der Waals surface area contributed by atoms with Crippen molar-refractivity contribution in [2.45, 2.75) is 148 Å². The van der Waals surface area contributed by atoms with Gasteiger partial charge in [-0.25, -0.2) is 0 Å². The summed E-state index contributed by atoms with van der Waals surface area (Å²) in [6.07, 6.45) is 20.0. The highest BCUT2D eigenvalue weighted by molar-refractivity contribution is 5.73. The molecule has 192 valence electrons.